The first-order valence-corrected chi connectivity index (χ1v) is 8.33. The van der Waals surface area contributed by atoms with E-state index >= 15 is 0 Å². The standard InChI is InChI=1S/C15H18Cl2N2S/c1-3-6-18-14(15-9-20-10(2)19-15)8-11-4-5-12(16)13(17)7-11/h4-5,7,9,14,18H,3,6,8H2,1-2H3. The first-order valence-electron chi connectivity index (χ1n) is 6.69. The summed E-state index contributed by atoms with van der Waals surface area (Å²) in [5.74, 6) is 0. The van der Waals surface area contributed by atoms with Gasteiger partial charge in [-0.05, 0) is 44.0 Å². The Labute approximate surface area is 134 Å². The van der Waals surface area contributed by atoms with E-state index in [1.54, 1.807) is 11.3 Å². The molecule has 108 valence electrons. The van der Waals surface area contributed by atoms with Crippen LogP contribution < -0.4 is 5.32 Å². The Hall–Kier alpha value is -0.610. The van der Waals surface area contributed by atoms with E-state index in [4.69, 9.17) is 23.2 Å². The minimum absolute atomic E-state index is 0.220. The second-order valence-electron chi connectivity index (χ2n) is 4.75. The van der Waals surface area contributed by atoms with Crippen LogP contribution in [0.25, 0.3) is 0 Å². The zero-order valence-electron chi connectivity index (χ0n) is 11.6. The van der Waals surface area contributed by atoms with Crippen molar-refractivity contribution in [3.63, 3.8) is 0 Å². The molecule has 1 aromatic carbocycles. The third-order valence-electron chi connectivity index (χ3n) is 3.06. The van der Waals surface area contributed by atoms with E-state index in [0.717, 1.165) is 30.1 Å². The van der Waals surface area contributed by atoms with Gasteiger partial charge in [0.05, 0.1) is 26.8 Å². The van der Waals surface area contributed by atoms with Crippen molar-refractivity contribution in [2.75, 3.05) is 6.54 Å². The molecular formula is C15H18Cl2N2S. The molecule has 1 heterocycles. The predicted octanol–water partition coefficient (Wildman–Crippen LogP) is 5.04. The van der Waals surface area contributed by atoms with Crippen molar-refractivity contribution in [1.82, 2.24) is 10.3 Å². The summed E-state index contributed by atoms with van der Waals surface area (Å²) in [7, 11) is 0. The van der Waals surface area contributed by atoms with Crippen molar-refractivity contribution in [2.45, 2.75) is 32.7 Å². The SMILES string of the molecule is CCCNC(Cc1ccc(Cl)c(Cl)c1)c1csc(C)n1. The summed E-state index contributed by atoms with van der Waals surface area (Å²) in [6, 6.07) is 6.03. The van der Waals surface area contributed by atoms with Gasteiger partial charge in [-0.3, -0.25) is 0 Å². The maximum atomic E-state index is 6.09. The second kappa shape index (κ2) is 7.41. The maximum absolute atomic E-state index is 6.09. The monoisotopic (exact) mass is 328 g/mol. The number of benzene rings is 1. The number of thiazole rings is 1. The van der Waals surface area contributed by atoms with E-state index in [9.17, 15) is 0 Å². The minimum Gasteiger partial charge on any atom is -0.308 e. The van der Waals surface area contributed by atoms with Crippen molar-refractivity contribution >= 4 is 34.5 Å². The van der Waals surface area contributed by atoms with Gasteiger partial charge in [0.15, 0.2) is 0 Å². The molecule has 0 radical (unpaired) electrons. The molecule has 0 saturated carbocycles. The molecule has 1 unspecified atom stereocenters. The average molecular weight is 329 g/mol. The lowest BCUT2D eigenvalue weighted by Gasteiger charge is -2.17. The van der Waals surface area contributed by atoms with Gasteiger partial charge in [0, 0.05) is 5.38 Å². The topological polar surface area (TPSA) is 24.9 Å². The molecule has 2 rings (SSSR count). The van der Waals surface area contributed by atoms with E-state index in [0.29, 0.717) is 10.0 Å². The number of aromatic nitrogens is 1. The Kier molecular flexibility index (Phi) is 5.85. The molecule has 5 heteroatoms. The van der Waals surface area contributed by atoms with Crippen molar-refractivity contribution in [3.05, 3.63) is 49.9 Å². The first kappa shape index (κ1) is 15.8. The molecule has 1 aromatic heterocycles. The summed E-state index contributed by atoms with van der Waals surface area (Å²) in [6.45, 7) is 5.17. The molecule has 2 nitrogen and oxygen atoms in total. The number of halogens is 2. The van der Waals surface area contributed by atoms with E-state index in [-0.39, 0.29) is 6.04 Å². The quantitative estimate of drug-likeness (QED) is 0.803. The van der Waals surface area contributed by atoms with Gasteiger partial charge in [-0.15, -0.1) is 11.3 Å². The van der Waals surface area contributed by atoms with Crippen LogP contribution in [0.1, 0.15) is 35.7 Å². The Morgan fingerprint density at radius 3 is 2.70 bits per heavy atom. The molecule has 2 aromatic rings. The van der Waals surface area contributed by atoms with E-state index in [2.05, 4.69) is 22.6 Å². The highest BCUT2D eigenvalue weighted by Crippen LogP contribution is 2.26. The number of rotatable bonds is 6. The number of nitrogens with one attached hydrogen (secondary N) is 1. The Morgan fingerprint density at radius 2 is 2.10 bits per heavy atom. The molecule has 0 aliphatic heterocycles. The third-order valence-corrected chi connectivity index (χ3v) is 4.59. The molecule has 0 aliphatic carbocycles. The maximum Gasteiger partial charge on any atom is 0.0898 e. The lowest BCUT2D eigenvalue weighted by atomic mass is 10.0. The summed E-state index contributed by atoms with van der Waals surface area (Å²) in [5.41, 5.74) is 2.27. The highest BCUT2D eigenvalue weighted by atomic mass is 35.5. The minimum atomic E-state index is 0.220. The van der Waals surface area contributed by atoms with Crippen molar-refractivity contribution in [3.8, 4) is 0 Å². The first-order chi connectivity index (χ1) is 9.60. The van der Waals surface area contributed by atoms with E-state index in [1.165, 1.54) is 5.56 Å². The summed E-state index contributed by atoms with van der Waals surface area (Å²) >= 11 is 13.7. The van der Waals surface area contributed by atoms with Gasteiger partial charge in [0.1, 0.15) is 0 Å². The second-order valence-corrected chi connectivity index (χ2v) is 6.63. The van der Waals surface area contributed by atoms with Gasteiger partial charge < -0.3 is 5.32 Å². The van der Waals surface area contributed by atoms with Crippen LogP contribution in [-0.2, 0) is 6.42 Å². The molecule has 0 amide bonds. The van der Waals surface area contributed by atoms with Crippen LogP contribution in [0, 0.1) is 6.92 Å². The van der Waals surface area contributed by atoms with Crippen molar-refractivity contribution in [1.29, 1.82) is 0 Å². The van der Waals surface area contributed by atoms with Gasteiger partial charge in [0.2, 0.25) is 0 Å². The fraction of sp³-hybridized carbons (Fsp3) is 0.400. The normalized spacial score (nSPS) is 12.6. The number of aryl methyl sites for hydroxylation is 1. The molecular weight excluding hydrogens is 311 g/mol. The molecule has 0 fully saturated rings. The molecule has 0 bridgehead atoms. The van der Waals surface area contributed by atoms with Gasteiger partial charge in [-0.1, -0.05) is 36.2 Å². The van der Waals surface area contributed by atoms with Gasteiger partial charge in [-0.25, -0.2) is 4.98 Å². The predicted molar refractivity (Wildman–Crippen MR) is 88.1 cm³/mol. The summed E-state index contributed by atoms with van der Waals surface area (Å²) in [4.78, 5) is 4.60. The molecule has 1 N–H and O–H groups in total. The fourth-order valence-electron chi connectivity index (χ4n) is 2.04. The van der Waals surface area contributed by atoms with Crippen molar-refractivity contribution in [2.24, 2.45) is 0 Å². The molecule has 0 saturated heterocycles. The lowest BCUT2D eigenvalue weighted by Crippen LogP contribution is -2.24. The Morgan fingerprint density at radius 1 is 1.30 bits per heavy atom. The number of hydrogen-bond acceptors (Lipinski definition) is 3. The van der Waals surface area contributed by atoms with Crippen LogP contribution in [0.2, 0.25) is 10.0 Å². The van der Waals surface area contributed by atoms with Gasteiger partial charge >= 0.3 is 0 Å². The number of hydrogen-bond donors (Lipinski definition) is 1. The zero-order valence-corrected chi connectivity index (χ0v) is 13.9. The van der Waals surface area contributed by atoms with Crippen LogP contribution in [0.3, 0.4) is 0 Å². The third kappa shape index (κ3) is 4.19. The van der Waals surface area contributed by atoms with Gasteiger partial charge in [0.25, 0.3) is 0 Å². The van der Waals surface area contributed by atoms with Crippen LogP contribution in [0.5, 0.6) is 0 Å². The highest BCUT2D eigenvalue weighted by molar-refractivity contribution is 7.09. The van der Waals surface area contributed by atoms with Crippen LogP contribution in [0.15, 0.2) is 23.6 Å². The van der Waals surface area contributed by atoms with Crippen LogP contribution in [0.4, 0.5) is 0 Å². The molecule has 20 heavy (non-hydrogen) atoms. The van der Waals surface area contributed by atoms with E-state index < -0.39 is 0 Å². The molecule has 0 spiro atoms. The van der Waals surface area contributed by atoms with Gasteiger partial charge in [-0.2, -0.15) is 0 Å². The summed E-state index contributed by atoms with van der Waals surface area (Å²) in [6.07, 6.45) is 1.96. The zero-order chi connectivity index (χ0) is 14.5. The fourth-order valence-corrected chi connectivity index (χ4v) is 3.03. The highest BCUT2D eigenvalue weighted by Gasteiger charge is 2.15. The Bertz CT molecular complexity index is 569. The molecule has 1 atom stereocenters. The van der Waals surface area contributed by atoms with Crippen molar-refractivity contribution < 1.29 is 0 Å². The lowest BCUT2D eigenvalue weighted by molar-refractivity contribution is 0.519. The largest absolute Gasteiger partial charge is 0.308 e. The molecule has 0 aliphatic rings. The van der Waals surface area contributed by atoms with Crippen LogP contribution >= 0.6 is 34.5 Å². The number of nitrogens with zero attached hydrogens (tertiary/aromatic N) is 1. The van der Waals surface area contributed by atoms with Crippen LogP contribution in [-0.4, -0.2) is 11.5 Å². The average Bonchev–Trinajstić information content (AvgIpc) is 2.85. The smallest absolute Gasteiger partial charge is 0.0898 e. The Balaban J connectivity index is 2.16. The summed E-state index contributed by atoms with van der Waals surface area (Å²) < 4.78 is 0. The van der Waals surface area contributed by atoms with E-state index in [1.807, 2.05) is 25.1 Å². The summed E-state index contributed by atoms with van der Waals surface area (Å²) in [5, 5.41) is 7.97.